The van der Waals surface area contributed by atoms with Gasteiger partial charge in [0, 0.05) is 34.8 Å². The number of aryl methyl sites for hydroxylation is 1. The van der Waals surface area contributed by atoms with Crippen LogP contribution in [0.3, 0.4) is 0 Å². The van der Waals surface area contributed by atoms with E-state index < -0.39 is 0 Å². The molecular formula is C24H19N2O+. The number of rotatable bonds is 3. The number of H-pyrrole nitrogens is 1. The summed E-state index contributed by atoms with van der Waals surface area (Å²) in [5.74, 6) is 0.115. The van der Waals surface area contributed by atoms with Crippen molar-refractivity contribution in [2.75, 3.05) is 0 Å². The van der Waals surface area contributed by atoms with Gasteiger partial charge in [-0.2, -0.15) is 4.57 Å². The fraction of sp³-hybridized carbons (Fsp3) is 0.0833. The summed E-state index contributed by atoms with van der Waals surface area (Å²) in [6, 6.07) is 24.4. The van der Waals surface area contributed by atoms with Gasteiger partial charge in [0.25, 0.3) is 0 Å². The van der Waals surface area contributed by atoms with Crippen molar-refractivity contribution in [2.24, 2.45) is 0 Å². The van der Waals surface area contributed by atoms with Crippen LogP contribution in [0.1, 0.15) is 16.1 Å². The molecular weight excluding hydrogens is 332 g/mol. The zero-order valence-corrected chi connectivity index (χ0v) is 15.1. The van der Waals surface area contributed by atoms with E-state index in [4.69, 9.17) is 0 Å². The molecule has 0 radical (unpaired) electrons. The number of para-hydroxylation sites is 1. The first kappa shape index (κ1) is 15.8. The second-order valence-electron chi connectivity index (χ2n) is 6.97. The third-order valence-electron chi connectivity index (χ3n) is 5.35. The molecule has 2 heterocycles. The lowest BCUT2D eigenvalue weighted by molar-refractivity contribution is -0.687. The van der Waals surface area contributed by atoms with Crippen LogP contribution in [-0.2, 0) is 6.54 Å². The first-order chi connectivity index (χ1) is 13.2. The summed E-state index contributed by atoms with van der Waals surface area (Å²) in [6.45, 7) is 2.39. The van der Waals surface area contributed by atoms with Crippen LogP contribution < -0.4 is 4.57 Å². The summed E-state index contributed by atoms with van der Waals surface area (Å²) in [5.41, 5.74) is 4.02. The molecule has 1 N–H and O–H groups in total. The van der Waals surface area contributed by atoms with Crippen LogP contribution in [0.4, 0.5) is 0 Å². The summed E-state index contributed by atoms with van der Waals surface area (Å²) < 4.78 is 2.02. The Morgan fingerprint density at radius 1 is 0.889 bits per heavy atom. The lowest BCUT2D eigenvalue weighted by atomic mass is 10.0. The van der Waals surface area contributed by atoms with Crippen molar-refractivity contribution in [1.82, 2.24) is 4.98 Å². The van der Waals surface area contributed by atoms with Crippen molar-refractivity contribution in [2.45, 2.75) is 13.5 Å². The molecule has 2 aromatic heterocycles. The van der Waals surface area contributed by atoms with Crippen LogP contribution in [0, 0.1) is 6.92 Å². The molecule has 0 saturated heterocycles. The fourth-order valence-corrected chi connectivity index (χ4v) is 3.82. The Morgan fingerprint density at radius 2 is 1.67 bits per heavy atom. The summed E-state index contributed by atoms with van der Waals surface area (Å²) >= 11 is 0. The number of pyridine rings is 1. The SMILES string of the molecule is Cc1c2[nH]c3ccccc3c2cc[n+]1CC(=O)c1ccc2ccccc2c1. The lowest BCUT2D eigenvalue weighted by Crippen LogP contribution is -2.40. The molecule has 0 saturated carbocycles. The molecule has 0 aliphatic rings. The van der Waals surface area contributed by atoms with Gasteiger partial charge in [-0.15, -0.1) is 0 Å². The van der Waals surface area contributed by atoms with Gasteiger partial charge in [-0.1, -0.05) is 54.6 Å². The highest BCUT2D eigenvalue weighted by atomic mass is 16.1. The number of aromatic nitrogens is 2. The van der Waals surface area contributed by atoms with Gasteiger partial charge in [-0.25, -0.2) is 0 Å². The number of ketones is 1. The molecule has 3 heteroatoms. The predicted molar refractivity (Wildman–Crippen MR) is 109 cm³/mol. The third kappa shape index (κ3) is 2.59. The second-order valence-corrected chi connectivity index (χ2v) is 6.97. The Bertz CT molecular complexity index is 1330. The molecule has 0 amide bonds. The van der Waals surface area contributed by atoms with Crippen molar-refractivity contribution in [3.05, 3.63) is 90.3 Å². The summed E-state index contributed by atoms with van der Waals surface area (Å²) in [6.07, 6.45) is 2.01. The van der Waals surface area contributed by atoms with Gasteiger partial charge >= 0.3 is 0 Å². The molecule has 0 bridgehead atoms. The number of carbonyl (C=O) groups is 1. The molecule has 0 aliphatic carbocycles. The van der Waals surface area contributed by atoms with E-state index in [-0.39, 0.29) is 5.78 Å². The number of aromatic amines is 1. The zero-order chi connectivity index (χ0) is 18.4. The van der Waals surface area contributed by atoms with E-state index in [1.165, 1.54) is 10.8 Å². The Kier molecular flexibility index (Phi) is 3.54. The molecule has 3 aromatic carbocycles. The predicted octanol–water partition coefficient (Wildman–Crippen LogP) is 4.95. The van der Waals surface area contributed by atoms with Crippen molar-refractivity contribution in [3.8, 4) is 0 Å². The van der Waals surface area contributed by atoms with E-state index in [1.54, 1.807) is 0 Å². The number of hydrogen-bond acceptors (Lipinski definition) is 1. The van der Waals surface area contributed by atoms with E-state index in [0.717, 1.165) is 33.1 Å². The van der Waals surface area contributed by atoms with Crippen LogP contribution in [0.5, 0.6) is 0 Å². The molecule has 0 spiro atoms. The van der Waals surface area contributed by atoms with E-state index in [0.29, 0.717) is 6.54 Å². The normalized spacial score (nSPS) is 11.4. The molecule has 130 valence electrons. The molecule has 5 aromatic rings. The largest absolute Gasteiger partial charge is 0.349 e. The average Bonchev–Trinajstić information content (AvgIpc) is 3.09. The Labute approximate surface area is 156 Å². The van der Waals surface area contributed by atoms with Crippen LogP contribution in [0.2, 0.25) is 0 Å². The molecule has 27 heavy (non-hydrogen) atoms. The number of nitrogens with one attached hydrogen (secondary N) is 1. The van der Waals surface area contributed by atoms with Crippen LogP contribution in [-0.4, -0.2) is 10.8 Å². The van der Waals surface area contributed by atoms with Gasteiger partial charge in [0.2, 0.25) is 18.0 Å². The molecule has 0 fully saturated rings. The van der Waals surface area contributed by atoms with Crippen molar-refractivity contribution < 1.29 is 9.36 Å². The standard InChI is InChI=1S/C24H18N2O/c1-16-24-21(20-8-4-5-9-22(20)25-24)12-13-26(16)15-23(27)19-11-10-17-6-2-3-7-18(17)14-19/h2-14H,15H2,1H3/p+1. The minimum Gasteiger partial charge on any atom is -0.349 e. The maximum absolute atomic E-state index is 12.9. The third-order valence-corrected chi connectivity index (χ3v) is 5.35. The maximum atomic E-state index is 12.9. The van der Waals surface area contributed by atoms with Gasteiger partial charge in [-0.3, -0.25) is 4.79 Å². The first-order valence-corrected chi connectivity index (χ1v) is 9.12. The number of Topliss-reactive ketones (excluding diaryl/α,β-unsaturated/α-hetero) is 1. The van der Waals surface area contributed by atoms with E-state index in [2.05, 4.69) is 42.2 Å². The number of fused-ring (bicyclic) bond motifs is 4. The van der Waals surface area contributed by atoms with Crippen LogP contribution in [0.25, 0.3) is 32.6 Å². The number of nitrogens with zero attached hydrogens (tertiary/aromatic N) is 1. The topological polar surface area (TPSA) is 36.7 Å². The zero-order valence-electron chi connectivity index (χ0n) is 15.1. The molecule has 0 unspecified atom stereocenters. The van der Waals surface area contributed by atoms with Gasteiger partial charge < -0.3 is 4.98 Å². The highest BCUT2D eigenvalue weighted by molar-refractivity contribution is 6.07. The molecule has 0 atom stereocenters. The second kappa shape index (κ2) is 6.06. The number of hydrogen-bond donors (Lipinski definition) is 1. The Morgan fingerprint density at radius 3 is 2.56 bits per heavy atom. The van der Waals surface area contributed by atoms with Crippen LogP contribution >= 0.6 is 0 Å². The van der Waals surface area contributed by atoms with Crippen LogP contribution in [0.15, 0.2) is 79.0 Å². The van der Waals surface area contributed by atoms with Gasteiger partial charge in [0.1, 0.15) is 5.52 Å². The van der Waals surface area contributed by atoms with Gasteiger partial charge in [0.15, 0.2) is 6.20 Å². The first-order valence-electron chi connectivity index (χ1n) is 9.12. The molecule has 5 rings (SSSR count). The highest BCUT2D eigenvalue weighted by Crippen LogP contribution is 2.25. The Hall–Kier alpha value is -3.46. The summed E-state index contributed by atoms with van der Waals surface area (Å²) in [7, 11) is 0. The van der Waals surface area contributed by atoms with Crippen molar-refractivity contribution >= 4 is 38.4 Å². The minimum absolute atomic E-state index is 0.115. The molecule has 0 aliphatic heterocycles. The monoisotopic (exact) mass is 351 g/mol. The quantitative estimate of drug-likeness (QED) is 0.362. The van der Waals surface area contributed by atoms with Gasteiger partial charge in [-0.05, 0) is 22.9 Å². The summed E-state index contributed by atoms with van der Waals surface area (Å²) in [4.78, 5) is 16.4. The van der Waals surface area contributed by atoms with Crippen molar-refractivity contribution in [3.63, 3.8) is 0 Å². The smallest absolute Gasteiger partial charge is 0.227 e. The number of carbonyl (C=O) groups excluding carboxylic acids is 1. The highest BCUT2D eigenvalue weighted by Gasteiger charge is 2.19. The van der Waals surface area contributed by atoms with E-state index >= 15 is 0 Å². The average molecular weight is 351 g/mol. The molecule has 3 nitrogen and oxygen atoms in total. The number of benzene rings is 3. The van der Waals surface area contributed by atoms with E-state index in [9.17, 15) is 4.79 Å². The summed E-state index contributed by atoms with van der Waals surface area (Å²) in [5, 5.41) is 4.65. The van der Waals surface area contributed by atoms with E-state index in [1.807, 2.05) is 53.2 Å². The lowest BCUT2D eigenvalue weighted by Gasteiger charge is -2.04. The van der Waals surface area contributed by atoms with Crippen molar-refractivity contribution in [1.29, 1.82) is 0 Å². The minimum atomic E-state index is 0.115. The fourth-order valence-electron chi connectivity index (χ4n) is 3.82. The van der Waals surface area contributed by atoms with Gasteiger partial charge in [0.05, 0.1) is 0 Å². The maximum Gasteiger partial charge on any atom is 0.227 e. The Balaban J connectivity index is 1.54.